The van der Waals surface area contributed by atoms with Crippen molar-refractivity contribution in [1.82, 2.24) is 14.8 Å². The summed E-state index contributed by atoms with van der Waals surface area (Å²) < 4.78 is 0. The van der Waals surface area contributed by atoms with E-state index < -0.39 is 0 Å². The van der Waals surface area contributed by atoms with Crippen molar-refractivity contribution in [3.05, 3.63) is 29.6 Å². The monoisotopic (exact) mass is 301 g/mol. The van der Waals surface area contributed by atoms with Crippen molar-refractivity contribution < 1.29 is 4.79 Å². The average Bonchev–Trinajstić information content (AvgIpc) is 2.85. The van der Waals surface area contributed by atoms with Crippen LogP contribution in [0.3, 0.4) is 0 Å². The molecule has 0 spiro atoms. The Hall–Kier alpha value is -1.42. The van der Waals surface area contributed by atoms with E-state index in [2.05, 4.69) is 23.7 Å². The second-order valence-corrected chi connectivity index (χ2v) is 6.93. The largest absolute Gasteiger partial charge is 0.336 e. The van der Waals surface area contributed by atoms with E-state index in [1.807, 2.05) is 30.0 Å². The van der Waals surface area contributed by atoms with Crippen LogP contribution in [0.15, 0.2) is 18.2 Å². The molecule has 3 rings (SSSR count). The summed E-state index contributed by atoms with van der Waals surface area (Å²) in [4.78, 5) is 21.8. The van der Waals surface area contributed by atoms with Gasteiger partial charge in [-0.2, -0.15) is 0 Å². The first kappa shape index (κ1) is 15.5. The van der Waals surface area contributed by atoms with Crippen molar-refractivity contribution in [3.63, 3.8) is 0 Å². The molecule has 1 aromatic rings. The molecule has 2 aliphatic rings. The maximum Gasteiger partial charge on any atom is 0.272 e. The summed E-state index contributed by atoms with van der Waals surface area (Å²) in [6, 6.07) is 7.49. The minimum atomic E-state index is 0.0907. The molecule has 0 aliphatic carbocycles. The number of aryl methyl sites for hydroxylation is 1. The van der Waals surface area contributed by atoms with Gasteiger partial charge in [0.15, 0.2) is 0 Å². The number of pyridine rings is 1. The predicted octanol–water partition coefficient (Wildman–Crippen LogP) is 2.87. The molecule has 0 aromatic carbocycles. The van der Waals surface area contributed by atoms with E-state index >= 15 is 0 Å². The van der Waals surface area contributed by atoms with Gasteiger partial charge in [-0.05, 0) is 58.6 Å². The first-order valence-electron chi connectivity index (χ1n) is 8.56. The molecule has 0 saturated carbocycles. The van der Waals surface area contributed by atoms with Gasteiger partial charge in [0.1, 0.15) is 5.69 Å². The molecule has 0 unspecified atom stereocenters. The topological polar surface area (TPSA) is 36.4 Å². The summed E-state index contributed by atoms with van der Waals surface area (Å²) in [5.74, 6) is 0.0907. The number of carbonyl (C=O) groups is 1. The van der Waals surface area contributed by atoms with Crippen LogP contribution in [-0.2, 0) is 0 Å². The zero-order chi connectivity index (χ0) is 15.7. The highest BCUT2D eigenvalue weighted by Gasteiger charge is 2.36. The molecule has 3 atom stereocenters. The number of hydrogen-bond donors (Lipinski definition) is 0. The van der Waals surface area contributed by atoms with Gasteiger partial charge in [-0.1, -0.05) is 6.07 Å². The first-order chi connectivity index (χ1) is 10.6. The Morgan fingerprint density at radius 2 is 1.91 bits per heavy atom. The molecule has 1 amide bonds. The highest BCUT2D eigenvalue weighted by Crippen LogP contribution is 2.30. The van der Waals surface area contributed by atoms with Crippen molar-refractivity contribution >= 4 is 5.91 Å². The van der Waals surface area contributed by atoms with Crippen LogP contribution < -0.4 is 0 Å². The van der Waals surface area contributed by atoms with Gasteiger partial charge in [0.2, 0.25) is 0 Å². The van der Waals surface area contributed by atoms with E-state index in [9.17, 15) is 4.79 Å². The smallest absolute Gasteiger partial charge is 0.272 e. The number of amides is 1. The van der Waals surface area contributed by atoms with Gasteiger partial charge < -0.3 is 4.90 Å². The fraction of sp³-hybridized carbons (Fsp3) is 0.667. The van der Waals surface area contributed by atoms with E-state index in [0.29, 0.717) is 23.8 Å². The normalized spacial score (nSPS) is 29.8. The quantitative estimate of drug-likeness (QED) is 0.843. The molecule has 0 radical (unpaired) electrons. The molecular weight excluding hydrogens is 274 g/mol. The summed E-state index contributed by atoms with van der Waals surface area (Å²) in [6.07, 6.45) is 4.87. The molecule has 4 nitrogen and oxygen atoms in total. The molecule has 2 fully saturated rings. The Morgan fingerprint density at radius 3 is 2.59 bits per heavy atom. The summed E-state index contributed by atoms with van der Waals surface area (Å²) >= 11 is 0. The lowest BCUT2D eigenvalue weighted by molar-refractivity contribution is 0.0482. The van der Waals surface area contributed by atoms with Gasteiger partial charge in [0.25, 0.3) is 5.91 Å². The van der Waals surface area contributed by atoms with E-state index in [1.165, 1.54) is 19.3 Å². The highest BCUT2D eigenvalue weighted by molar-refractivity contribution is 5.92. The van der Waals surface area contributed by atoms with Gasteiger partial charge in [-0.15, -0.1) is 0 Å². The van der Waals surface area contributed by atoms with Crippen LogP contribution in [0.25, 0.3) is 0 Å². The van der Waals surface area contributed by atoms with Crippen molar-refractivity contribution in [2.24, 2.45) is 0 Å². The second-order valence-electron chi connectivity index (χ2n) is 6.93. The number of hydrogen-bond acceptors (Lipinski definition) is 3. The summed E-state index contributed by atoms with van der Waals surface area (Å²) in [5.41, 5.74) is 1.49. The van der Waals surface area contributed by atoms with Gasteiger partial charge >= 0.3 is 0 Å². The average molecular weight is 301 g/mol. The number of piperidine rings is 1. The Bertz CT molecular complexity index is 535. The zero-order valence-electron chi connectivity index (χ0n) is 14.0. The molecule has 0 bridgehead atoms. The summed E-state index contributed by atoms with van der Waals surface area (Å²) in [7, 11) is 0. The maximum atomic E-state index is 12.7. The van der Waals surface area contributed by atoms with Crippen LogP contribution >= 0.6 is 0 Å². The number of likely N-dealkylation sites (tertiary alicyclic amines) is 2. The number of carbonyl (C=O) groups excluding carboxylic acids is 1. The molecule has 2 aliphatic heterocycles. The lowest BCUT2D eigenvalue weighted by Gasteiger charge is -2.41. The third-order valence-electron chi connectivity index (χ3n) is 5.23. The Balaban J connectivity index is 1.71. The Kier molecular flexibility index (Phi) is 4.48. The van der Waals surface area contributed by atoms with Gasteiger partial charge in [0, 0.05) is 36.9 Å². The fourth-order valence-corrected chi connectivity index (χ4v) is 4.14. The Morgan fingerprint density at radius 1 is 1.18 bits per heavy atom. The number of rotatable bonds is 2. The highest BCUT2D eigenvalue weighted by atomic mass is 16.2. The first-order valence-corrected chi connectivity index (χ1v) is 8.56. The van der Waals surface area contributed by atoms with Crippen molar-refractivity contribution in [1.29, 1.82) is 0 Å². The molecule has 2 saturated heterocycles. The van der Waals surface area contributed by atoms with Crippen LogP contribution in [0.5, 0.6) is 0 Å². The molecular formula is C18H27N3O. The number of aromatic nitrogens is 1. The number of nitrogens with zero attached hydrogens (tertiary/aromatic N) is 3. The Labute approximate surface area is 133 Å². The van der Waals surface area contributed by atoms with Crippen molar-refractivity contribution in [2.75, 3.05) is 13.1 Å². The zero-order valence-corrected chi connectivity index (χ0v) is 14.0. The van der Waals surface area contributed by atoms with Crippen molar-refractivity contribution in [3.8, 4) is 0 Å². The van der Waals surface area contributed by atoms with Gasteiger partial charge in [-0.25, -0.2) is 4.98 Å². The minimum absolute atomic E-state index is 0.0907. The van der Waals surface area contributed by atoms with Crippen LogP contribution in [-0.4, -0.2) is 51.9 Å². The summed E-state index contributed by atoms with van der Waals surface area (Å²) in [6.45, 7) is 8.30. The SMILES string of the molecule is Cc1cccc(C(=O)N2CCC[C@H](N3[C@@H](C)CC[C@@H]3C)C2)n1. The third-order valence-corrected chi connectivity index (χ3v) is 5.23. The molecule has 4 heteroatoms. The molecule has 3 heterocycles. The molecule has 0 N–H and O–H groups in total. The fourth-order valence-electron chi connectivity index (χ4n) is 4.14. The van der Waals surface area contributed by atoms with Crippen LogP contribution in [0, 0.1) is 6.92 Å². The van der Waals surface area contributed by atoms with Crippen LogP contribution in [0.1, 0.15) is 55.7 Å². The standard InChI is InChI=1S/C18H27N3O/c1-13-6-4-8-17(19-13)18(22)20-11-5-7-16(12-20)21-14(2)9-10-15(21)3/h4,6,8,14-16H,5,7,9-12H2,1-3H3/t14-,15-,16-/m0/s1. The minimum Gasteiger partial charge on any atom is -0.336 e. The van der Waals surface area contributed by atoms with Crippen LogP contribution in [0.4, 0.5) is 0 Å². The van der Waals surface area contributed by atoms with Crippen molar-refractivity contribution in [2.45, 2.75) is 64.6 Å². The van der Waals surface area contributed by atoms with Gasteiger partial charge in [0.05, 0.1) is 0 Å². The van der Waals surface area contributed by atoms with E-state index in [4.69, 9.17) is 0 Å². The predicted molar refractivity (Wildman–Crippen MR) is 87.9 cm³/mol. The lowest BCUT2D eigenvalue weighted by atomic mass is 10.0. The van der Waals surface area contributed by atoms with Gasteiger partial charge in [-0.3, -0.25) is 9.69 Å². The van der Waals surface area contributed by atoms with E-state index in [1.54, 1.807) is 0 Å². The van der Waals surface area contributed by atoms with E-state index in [-0.39, 0.29) is 5.91 Å². The van der Waals surface area contributed by atoms with Crippen LogP contribution in [0.2, 0.25) is 0 Å². The maximum absolute atomic E-state index is 12.7. The second kappa shape index (κ2) is 6.37. The molecule has 120 valence electrons. The van der Waals surface area contributed by atoms with E-state index in [0.717, 1.165) is 25.2 Å². The molecule has 22 heavy (non-hydrogen) atoms. The third kappa shape index (κ3) is 3.02. The summed E-state index contributed by atoms with van der Waals surface area (Å²) in [5, 5.41) is 0. The lowest BCUT2D eigenvalue weighted by Crippen LogP contribution is -2.52. The molecule has 1 aromatic heterocycles.